The van der Waals surface area contributed by atoms with Crippen LogP contribution in [0.15, 0.2) is 53.7 Å². The normalized spacial score (nSPS) is 22.3. The van der Waals surface area contributed by atoms with Crippen molar-refractivity contribution in [3.63, 3.8) is 0 Å². The molecule has 8 rings (SSSR count). The first-order valence-electron chi connectivity index (χ1n) is 21.1. The number of rotatable bonds is 7. The van der Waals surface area contributed by atoms with Crippen LogP contribution in [0.4, 0.5) is 20.2 Å². The number of piperidine rings is 2. The molecule has 0 saturated carbocycles. The van der Waals surface area contributed by atoms with Gasteiger partial charge < -0.3 is 20.3 Å². The number of aryl methyl sites for hydroxylation is 2. The van der Waals surface area contributed by atoms with E-state index < -0.39 is 35.3 Å². The molecule has 2 bridgehead atoms. The van der Waals surface area contributed by atoms with Gasteiger partial charge in [0.1, 0.15) is 11.6 Å². The zero-order chi connectivity index (χ0) is 42.9. The van der Waals surface area contributed by atoms with Crippen molar-refractivity contribution in [3.05, 3.63) is 88.2 Å². The quantitative estimate of drug-likeness (QED) is 0.187. The summed E-state index contributed by atoms with van der Waals surface area (Å²) in [5.74, 6) is -3.81. The number of carbonyl (C=O) groups is 4. The van der Waals surface area contributed by atoms with Gasteiger partial charge in [0.25, 0.3) is 11.8 Å². The Morgan fingerprint density at radius 2 is 1.82 bits per heavy atom. The van der Waals surface area contributed by atoms with Crippen molar-refractivity contribution >= 4 is 41.0 Å². The summed E-state index contributed by atoms with van der Waals surface area (Å²) in [6.45, 7) is 5.59. The van der Waals surface area contributed by atoms with Crippen molar-refractivity contribution in [2.24, 2.45) is 18.0 Å². The summed E-state index contributed by atoms with van der Waals surface area (Å²) < 4.78 is 40.0. The van der Waals surface area contributed by atoms with Gasteiger partial charge in [-0.3, -0.25) is 34.4 Å². The molecule has 4 aliphatic heterocycles. The first kappa shape index (κ1) is 41.7. The lowest BCUT2D eigenvalue weighted by Crippen LogP contribution is -2.47. The highest BCUT2D eigenvalue weighted by Gasteiger charge is 2.36. The number of ether oxygens (including phenoxy) is 1. The fourth-order valence-corrected chi connectivity index (χ4v) is 9.38. The number of hydrogen-bond donors (Lipinski definition) is 3. The summed E-state index contributed by atoms with van der Waals surface area (Å²) >= 11 is 0. The number of aliphatic imine (C=N–C) groups is 1. The third kappa shape index (κ3) is 8.76. The van der Waals surface area contributed by atoms with E-state index in [0.717, 1.165) is 25.8 Å². The first-order valence-corrected chi connectivity index (χ1v) is 21.1. The van der Waals surface area contributed by atoms with E-state index >= 15 is 8.78 Å². The average Bonchev–Trinajstić information content (AvgIpc) is 3.76. The molecule has 6 heterocycles. The van der Waals surface area contributed by atoms with Crippen LogP contribution in [0.25, 0.3) is 11.3 Å². The molecular weight excluding hydrogens is 785 g/mol. The third-order valence-corrected chi connectivity index (χ3v) is 12.4. The Bertz CT molecular complexity index is 2390. The van der Waals surface area contributed by atoms with Gasteiger partial charge in [-0.25, -0.2) is 13.5 Å². The molecule has 4 aliphatic rings. The van der Waals surface area contributed by atoms with Crippen molar-refractivity contribution in [1.29, 1.82) is 0 Å². The van der Waals surface area contributed by atoms with E-state index in [0.29, 0.717) is 95.7 Å². The van der Waals surface area contributed by atoms with Gasteiger partial charge in [0.15, 0.2) is 0 Å². The highest BCUT2D eigenvalue weighted by Crippen LogP contribution is 2.38. The SMILES string of the molecule is CNC(=O)c1ccc2c(c1)N1C[C@H](CC(Cc3cc(F)c([C@H]4CCC(=O)NC4=O)c(F)c3)N3CCCC[C@H]3C)CCCOc3c(cnn3C)-c3cc(cc(C)n3)C(=O)/N=C/1N2. The zero-order valence-corrected chi connectivity index (χ0v) is 34.9. The number of nitrogens with zero attached hydrogens (tertiary/aromatic N) is 6. The molecule has 0 spiro atoms. The average molecular weight is 836 g/mol. The summed E-state index contributed by atoms with van der Waals surface area (Å²) in [6, 6.07) is 11.4. The number of guanidine groups is 1. The van der Waals surface area contributed by atoms with E-state index in [1.54, 1.807) is 55.3 Å². The highest BCUT2D eigenvalue weighted by molar-refractivity contribution is 6.19. The van der Waals surface area contributed by atoms with E-state index in [2.05, 4.69) is 37.9 Å². The molecule has 2 aromatic heterocycles. The standard InChI is InChI=1S/C45H51F2N9O5/c1-25-16-30-21-37(50-25)33-23-49-54(4)44(33)61-15-7-9-27(24-56-38-22-29(41(58)48-3)10-12-36(38)51-45(56)53-42(30)59)17-31(55-14-6-5-8-26(55)2)18-28-19-34(46)40(35(47)20-28)32-11-13-39(57)52-43(32)60/h10,12,16,19-23,26-27,31-32H,5-9,11,13-15,17-18,24H2,1-4H3,(H,48,58)(H,51,53,59)(H,52,57,60)/t26-,27+,31?,32-/m1/s1. The maximum absolute atomic E-state index is 16.0. The molecule has 4 amide bonds. The number of amides is 4. The van der Waals surface area contributed by atoms with E-state index in [1.165, 1.54) is 12.1 Å². The Morgan fingerprint density at radius 3 is 2.57 bits per heavy atom. The molecule has 320 valence electrons. The summed E-state index contributed by atoms with van der Waals surface area (Å²) in [4.78, 5) is 65.2. The fourth-order valence-electron chi connectivity index (χ4n) is 9.38. The number of anilines is 2. The summed E-state index contributed by atoms with van der Waals surface area (Å²) in [5.41, 5.74) is 4.13. The number of nitrogens with one attached hydrogen (secondary N) is 3. The number of likely N-dealkylation sites (tertiary alicyclic amines) is 1. The number of carbonyl (C=O) groups excluding carboxylic acids is 4. The van der Waals surface area contributed by atoms with Crippen LogP contribution in [0.1, 0.15) is 102 Å². The second-order valence-corrected chi connectivity index (χ2v) is 16.7. The minimum Gasteiger partial charge on any atom is -0.477 e. The molecule has 3 N–H and O–H groups in total. The number of imide groups is 1. The first-order chi connectivity index (χ1) is 29.4. The van der Waals surface area contributed by atoms with Crippen LogP contribution >= 0.6 is 0 Å². The molecule has 14 nitrogen and oxygen atoms in total. The van der Waals surface area contributed by atoms with Crippen molar-refractivity contribution in [3.8, 4) is 17.1 Å². The van der Waals surface area contributed by atoms with Crippen molar-refractivity contribution in [1.82, 2.24) is 30.3 Å². The van der Waals surface area contributed by atoms with Crippen LogP contribution in [0, 0.1) is 24.5 Å². The van der Waals surface area contributed by atoms with Crippen LogP contribution in [0.2, 0.25) is 0 Å². The van der Waals surface area contributed by atoms with Gasteiger partial charge in [0.05, 0.1) is 41.4 Å². The van der Waals surface area contributed by atoms with Crippen LogP contribution < -0.4 is 25.6 Å². The number of hydrogen-bond acceptors (Lipinski definition) is 10. The molecule has 2 saturated heterocycles. The van der Waals surface area contributed by atoms with Crippen LogP contribution in [0.5, 0.6) is 5.88 Å². The Kier molecular flexibility index (Phi) is 12.0. The Morgan fingerprint density at radius 1 is 1.02 bits per heavy atom. The Labute approximate surface area is 353 Å². The van der Waals surface area contributed by atoms with Crippen LogP contribution in [0.3, 0.4) is 0 Å². The Hall–Kier alpha value is -6.03. The third-order valence-electron chi connectivity index (χ3n) is 12.4. The van der Waals surface area contributed by atoms with Gasteiger partial charge in [-0.05, 0) is 119 Å². The molecule has 1 unspecified atom stereocenters. The minimum atomic E-state index is -1.09. The maximum Gasteiger partial charge on any atom is 0.280 e. The van der Waals surface area contributed by atoms with Gasteiger partial charge in [-0.15, -0.1) is 0 Å². The fraction of sp³-hybridized carbons (Fsp3) is 0.444. The van der Waals surface area contributed by atoms with E-state index in [9.17, 15) is 19.2 Å². The van der Waals surface area contributed by atoms with Gasteiger partial charge in [0.2, 0.25) is 23.7 Å². The van der Waals surface area contributed by atoms with Crippen molar-refractivity contribution < 1.29 is 32.7 Å². The molecule has 16 heteroatoms. The van der Waals surface area contributed by atoms with Gasteiger partial charge >= 0.3 is 0 Å². The summed E-state index contributed by atoms with van der Waals surface area (Å²) in [5, 5.41) is 12.7. The van der Waals surface area contributed by atoms with Crippen LogP contribution in [-0.4, -0.2) is 88.1 Å². The predicted molar refractivity (Wildman–Crippen MR) is 226 cm³/mol. The summed E-state index contributed by atoms with van der Waals surface area (Å²) in [7, 11) is 3.37. The van der Waals surface area contributed by atoms with E-state index in [-0.39, 0.29) is 42.3 Å². The lowest BCUT2D eigenvalue weighted by molar-refractivity contribution is -0.134. The number of fused-ring (bicyclic) bond motifs is 7. The largest absolute Gasteiger partial charge is 0.477 e. The van der Waals surface area contributed by atoms with E-state index in [4.69, 9.17) is 9.72 Å². The van der Waals surface area contributed by atoms with Crippen molar-refractivity contribution in [2.45, 2.75) is 89.6 Å². The second-order valence-electron chi connectivity index (χ2n) is 16.7. The lowest BCUT2D eigenvalue weighted by Gasteiger charge is -2.42. The molecule has 0 aliphatic carbocycles. The molecule has 61 heavy (non-hydrogen) atoms. The smallest absolute Gasteiger partial charge is 0.280 e. The Balaban J connectivity index is 1.17. The molecule has 0 radical (unpaired) electrons. The molecule has 2 aromatic carbocycles. The molecule has 2 fully saturated rings. The molecule has 4 aromatic rings. The zero-order valence-electron chi connectivity index (χ0n) is 34.9. The van der Waals surface area contributed by atoms with Gasteiger partial charge in [0, 0.05) is 61.5 Å². The number of aromatic nitrogens is 3. The van der Waals surface area contributed by atoms with Gasteiger partial charge in [-0.2, -0.15) is 10.1 Å². The van der Waals surface area contributed by atoms with Crippen LogP contribution in [-0.2, 0) is 23.1 Å². The number of benzene rings is 2. The van der Waals surface area contributed by atoms with E-state index in [1.807, 2.05) is 11.8 Å². The second kappa shape index (κ2) is 17.5. The minimum absolute atomic E-state index is 0.0101. The van der Waals surface area contributed by atoms with Crippen molar-refractivity contribution in [2.75, 3.05) is 37.0 Å². The molecule has 4 atom stereocenters. The number of pyridine rings is 1. The maximum atomic E-state index is 16.0. The topological polar surface area (TPSA) is 163 Å². The monoisotopic (exact) mass is 835 g/mol. The lowest BCUT2D eigenvalue weighted by atomic mass is 9.86. The number of halogens is 2. The summed E-state index contributed by atoms with van der Waals surface area (Å²) in [6.07, 6.45) is 7.06. The molecular formula is C45H51F2N9O5. The van der Waals surface area contributed by atoms with Gasteiger partial charge in [-0.1, -0.05) is 6.42 Å². The highest BCUT2D eigenvalue weighted by atomic mass is 19.1. The predicted octanol–water partition coefficient (Wildman–Crippen LogP) is 6.04.